The molecule has 1 N–H and O–H groups in total. The Balaban J connectivity index is 1.35. The van der Waals surface area contributed by atoms with Crippen molar-refractivity contribution in [2.24, 2.45) is 11.8 Å². The van der Waals surface area contributed by atoms with Gasteiger partial charge in [0, 0.05) is 19.6 Å². The minimum absolute atomic E-state index is 0.0775. The standard InChI is InChI=1S/C33H38N6O5/c1-4-17-36(19-23-11-7-6-8-12-23)30(41)27-26-15-16-33(44-26)28(27)31(42)39(22(3)20-40)29(33)32(43)37(18-5-2)21-38-25-14-10-9-13-24(25)34-35-38/h4-14,22,26-29,40H,1-2,15-21H2,3H3/t22-,26-,27+,28+,29?,33?/m1/s1. The van der Waals surface area contributed by atoms with Gasteiger partial charge in [0.05, 0.1) is 36.1 Å². The van der Waals surface area contributed by atoms with Crippen LogP contribution in [0.4, 0.5) is 0 Å². The van der Waals surface area contributed by atoms with Crippen LogP contribution in [0.15, 0.2) is 79.9 Å². The van der Waals surface area contributed by atoms with Crippen molar-refractivity contribution in [1.82, 2.24) is 29.7 Å². The summed E-state index contributed by atoms with van der Waals surface area (Å²) in [6.45, 7) is 10.0. The number of carbonyl (C=O) groups is 3. The van der Waals surface area contributed by atoms with E-state index in [4.69, 9.17) is 4.74 Å². The Morgan fingerprint density at radius 2 is 1.80 bits per heavy atom. The second kappa shape index (κ2) is 12.0. The number of ether oxygens (including phenoxy) is 1. The minimum Gasteiger partial charge on any atom is -0.394 e. The summed E-state index contributed by atoms with van der Waals surface area (Å²) in [7, 11) is 0. The Labute approximate surface area is 256 Å². The van der Waals surface area contributed by atoms with Crippen LogP contribution in [0.3, 0.4) is 0 Å². The molecule has 0 saturated carbocycles. The number of fused-ring (bicyclic) bond motifs is 2. The van der Waals surface area contributed by atoms with Crippen LogP contribution in [0.1, 0.15) is 25.3 Å². The van der Waals surface area contributed by atoms with Gasteiger partial charge < -0.3 is 24.5 Å². The average molecular weight is 599 g/mol. The number of nitrogens with zero attached hydrogens (tertiary/aromatic N) is 6. The zero-order chi connectivity index (χ0) is 31.0. The quantitative estimate of drug-likeness (QED) is 0.318. The predicted molar refractivity (Wildman–Crippen MR) is 162 cm³/mol. The summed E-state index contributed by atoms with van der Waals surface area (Å²) in [5, 5.41) is 18.7. The number of aromatic nitrogens is 3. The molecule has 3 amide bonds. The SMILES string of the molecule is C=CCN(Cn1nnc2ccccc21)C(=O)C1N([C@H](C)CO)C(=O)[C@@H]2[C@@H](C(=O)N(CC=C)Cc3ccccc3)[C@H]3CCC12O3. The lowest BCUT2D eigenvalue weighted by atomic mass is 9.70. The van der Waals surface area contributed by atoms with E-state index in [0.29, 0.717) is 31.4 Å². The van der Waals surface area contributed by atoms with Crippen LogP contribution >= 0.6 is 0 Å². The van der Waals surface area contributed by atoms with Gasteiger partial charge in [-0.3, -0.25) is 14.4 Å². The van der Waals surface area contributed by atoms with Crippen LogP contribution in [-0.4, -0.2) is 96.0 Å². The number of benzene rings is 2. The maximum atomic E-state index is 14.6. The fourth-order valence-corrected chi connectivity index (χ4v) is 7.35. The molecule has 230 valence electrons. The Bertz CT molecular complexity index is 1570. The molecule has 3 aromatic rings. The van der Waals surface area contributed by atoms with Crippen LogP contribution in [0.5, 0.6) is 0 Å². The molecule has 2 aromatic carbocycles. The lowest BCUT2D eigenvalue weighted by molar-refractivity contribution is -0.152. The highest BCUT2D eigenvalue weighted by atomic mass is 16.5. The van der Waals surface area contributed by atoms with Gasteiger partial charge in [-0.1, -0.05) is 59.8 Å². The zero-order valence-corrected chi connectivity index (χ0v) is 24.9. The first-order valence-corrected chi connectivity index (χ1v) is 15.1. The molecule has 0 aliphatic carbocycles. The maximum Gasteiger partial charge on any atom is 0.250 e. The highest BCUT2D eigenvalue weighted by Gasteiger charge is 2.75. The highest BCUT2D eigenvalue weighted by Crippen LogP contribution is 2.59. The van der Waals surface area contributed by atoms with E-state index in [1.165, 1.54) is 4.90 Å². The van der Waals surface area contributed by atoms with Crippen LogP contribution in [-0.2, 0) is 32.3 Å². The van der Waals surface area contributed by atoms with Crippen molar-refractivity contribution >= 4 is 28.8 Å². The van der Waals surface area contributed by atoms with Gasteiger partial charge in [-0.2, -0.15) is 0 Å². The second-order valence-corrected chi connectivity index (χ2v) is 11.9. The second-order valence-electron chi connectivity index (χ2n) is 11.9. The van der Waals surface area contributed by atoms with E-state index in [0.717, 1.165) is 11.1 Å². The summed E-state index contributed by atoms with van der Waals surface area (Å²) in [5.74, 6) is -2.48. The number of aliphatic hydroxyl groups excluding tert-OH is 1. The molecule has 11 heteroatoms. The third-order valence-corrected chi connectivity index (χ3v) is 9.26. The zero-order valence-electron chi connectivity index (χ0n) is 24.9. The summed E-state index contributed by atoms with van der Waals surface area (Å²) in [4.78, 5) is 47.9. The summed E-state index contributed by atoms with van der Waals surface area (Å²) >= 11 is 0. The van der Waals surface area contributed by atoms with Crippen molar-refractivity contribution in [2.45, 2.75) is 56.8 Å². The third-order valence-electron chi connectivity index (χ3n) is 9.26. The van der Waals surface area contributed by atoms with Crippen molar-refractivity contribution in [3.63, 3.8) is 0 Å². The van der Waals surface area contributed by atoms with Gasteiger partial charge >= 0.3 is 0 Å². The van der Waals surface area contributed by atoms with Crippen LogP contribution in [0.2, 0.25) is 0 Å². The van der Waals surface area contributed by atoms with Gasteiger partial charge in [-0.15, -0.1) is 18.3 Å². The van der Waals surface area contributed by atoms with Crippen molar-refractivity contribution in [1.29, 1.82) is 0 Å². The van der Waals surface area contributed by atoms with Gasteiger partial charge in [0.1, 0.15) is 23.8 Å². The number of hydrogen-bond donors (Lipinski definition) is 1. The van der Waals surface area contributed by atoms with Gasteiger partial charge in [0.15, 0.2) is 0 Å². The highest BCUT2D eigenvalue weighted by molar-refractivity contribution is 5.99. The number of likely N-dealkylation sites (tertiary alicyclic amines) is 1. The minimum atomic E-state index is -1.20. The summed E-state index contributed by atoms with van der Waals surface area (Å²) in [5.41, 5.74) is 1.22. The maximum absolute atomic E-state index is 14.6. The normalized spacial score (nSPS) is 26.0. The van der Waals surface area contributed by atoms with Crippen molar-refractivity contribution in [3.05, 3.63) is 85.5 Å². The molecule has 6 rings (SSSR count). The van der Waals surface area contributed by atoms with Gasteiger partial charge in [0.25, 0.3) is 0 Å². The molecule has 4 heterocycles. The molecule has 6 atom stereocenters. The topological polar surface area (TPSA) is 121 Å². The molecule has 2 bridgehead atoms. The number of aliphatic hydroxyl groups is 1. The Kier molecular flexibility index (Phi) is 8.08. The fourth-order valence-electron chi connectivity index (χ4n) is 7.35. The first-order valence-electron chi connectivity index (χ1n) is 15.1. The van der Waals surface area contributed by atoms with Crippen LogP contribution in [0, 0.1) is 11.8 Å². The predicted octanol–water partition coefficient (Wildman–Crippen LogP) is 2.37. The third kappa shape index (κ3) is 4.80. The molecule has 11 nitrogen and oxygen atoms in total. The smallest absolute Gasteiger partial charge is 0.250 e. The van der Waals surface area contributed by atoms with Gasteiger partial charge in [0.2, 0.25) is 17.7 Å². The molecule has 3 saturated heterocycles. The van der Waals surface area contributed by atoms with E-state index < -0.39 is 35.6 Å². The first-order chi connectivity index (χ1) is 21.3. The number of amides is 3. The van der Waals surface area contributed by atoms with E-state index in [-0.39, 0.29) is 37.5 Å². The molecule has 1 spiro atoms. The Hall–Kier alpha value is -4.35. The summed E-state index contributed by atoms with van der Waals surface area (Å²) < 4.78 is 8.27. The molecule has 44 heavy (non-hydrogen) atoms. The Morgan fingerprint density at radius 3 is 2.52 bits per heavy atom. The van der Waals surface area contributed by atoms with Crippen LogP contribution in [0.25, 0.3) is 11.0 Å². The monoisotopic (exact) mass is 598 g/mol. The van der Waals surface area contributed by atoms with E-state index in [2.05, 4.69) is 23.5 Å². The number of para-hydroxylation sites is 1. The average Bonchev–Trinajstić information content (AvgIpc) is 3.79. The number of carbonyl (C=O) groups excluding carboxylic acids is 3. The van der Waals surface area contributed by atoms with Gasteiger partial charge in [-0.25, -0.2) is 4.68 Å². The van der Waals surface area contributed by atoms with E-state index in [9.17, 15) is 19.5 Å². The van der Waals surface area contributed by atoms with E-state index in [1.54, 1.807) is 33.6 Å². The van der Waals surface area contributed by atoms with Crippen molar-refractivity contribution < 1.29 is 24.2 Å². The Morgan fingerprint density at radius 1 is 1.09 bits per heavy atom. The van der Waals surface area contributed by atoms with Crippen molar-refractivity contribution in [2.75, 3.05) is 19.7 Å². The van der Waals surface area contributed by atoms with E-state index >= 15 is 0 Å². The molecule has 3 aliphatic heterocycles. The molecular weight excluding hydrogens is 560 g/mol. The number of rotatable bonds is 12. The molecule has 2 unspecified atom stereocenters. The number of hydrogen-bond acceptors (Lipinski definition) is 7. The first kappa shape index (κ1) is 29.7. The molecule has 0 radical (unpaired) electrons. The van der Waals surface area contributed by atoms with E-state index in [1.807, 2.05) is 54.6 Å². The van der Waals surface area contributed by atoms with Crippen molar-refractivity contribution in [3.8, 4) is 0 Å². The summed E-state index contributed by atoms with van der Waals surface area (Å²) in [6.07, 6.45) is 3.81. The molecule has 3 fully saturated rings. The molecule has 3 aliphatic rings. The largest absolute Gasteiger partial charge is 0.394 e. The molecular formula is C33H38N6O5. The fraction of sp³-hybridized carbons (Fsp3) is 0.424. The van der Waals surface area contributed by atoms with Gasteiger partial charge in [-0.05, 0) is 37.5 Å². The lowest BCUT2D eigenvalue weighted by Crippen LogP contribution is -2.58. The lowest BCUT2D eigenvalue weighted by Gasteiger charge is -2.38. The molecule has 1 aromatic heterocycles. The van der Waals surface area contributed by atoms with Crippen LogP contribution < -0.4 is 0 Å². The summed E-state index contributed by atoms with van der Waals surface area (Å²) in [6, 6.07) is 15.4.